The molecule has 0 spiro atoms. The number of nitrogens with two attached hydrogens (primary N) is 1. The maximum absolute atomic E-state index is 5.66. The molecule has 1 aliphatic rings. The molecule has 2 heterocycles. The van der Waals surface area contributed by atoms with E-state index in [2.05, 4.69) is 15.4 Å². The van der Waals surface area contributed by atoms with E-state index in [4.69, 9.17) is 10.8 Å². The fourth-order valence-corrected chi connectivity index (χ4v) is 2.73. The van der Waals surface area contributed by atoms with E-state index in [9.17, 15) is 0 Å². The predicted octanol–water partition coefficient (Wildman–Crippen LogP) is 2.40. The van der Waals surface area contributed by atoms with Crippen LogP contribution in [0.5, 0.6) is 0 Å². The lowest BCUT2D eigenvalue weighted by atomic mass is 10.1. The number of aryl methyl sites for hydroxylation is 2. The highest BCUT2D eigenvalue weighted by Crippen LogP contribution is 2.28. The van der Waals surface area contributed by atoms with Crippen molar-refractivity contribution in [2.45, 2.75) is 39.0 Å². The molecule has 0 bridgehead atoms. The maximum Gasteiger partial charge on any atom is 0.162 e. The molecule has 0 radical (unpaired) electrons. The standard InChI is InChI=1S/C15H19N5/c1-10-9-17-8-7-11(10)14-18-13-6-4-2-3-5-12(13)15(19-14)20-16/h7-9H,2-6,16H2,1H3,(H,18,19,20). The fourth-order valence-electron chi connectivity index (χ4n) is 2.73. The summed E-state index contributed by atoms with van der Waals surface area (Å²) in [5.41, 5.74) is 7.15. The molecule has 0 saturated carbocycles. The van der Waals surface area contributed by atoms with Crippen molar-refractivity contribution in [1.82, 2.24) is 15.0 Å². The van der Waals surface area contributed by atoms with E-state index < -0.39 is 0 Å². The summed E-state index contributed by atoms with van der Waals surface area (Å²) in [4.78, 5) is 13.5. The average molecular weight is 269 g/mol. The van der Waals surface area contributed by atoms with E-state index in [0.29, 0.717) is 0 Å². The third kappa shape index (κ3) is 2.36. The number of nitrogens with one attached hydrogen (secondary N) is 1. The van der Waals surface area contributed by atoms with E-state index in [1.807, 2.05) is 19.2 Å². The van der Waals surface area contributed by atoms with Crippen LogP contribution in [0, 0.1) is 6.92 Å². The lowest BCUT2D eigenvalue weighted by molar-refractivity contribution is 0.709. The number of nitrogen functional groups attached to an aromatic ring is 1. The van der Waals surface area contributed by atoms with E-state index in [1.165, 1.54) is 24.8 Å². The summed E-state index contributed by atoms with van der Waals surface area (Å²) < 4.78 is 0. The molecule has 3 N–H and O–H groups in total. The van der Waals surface area contributed by atoms with Gasteiger partial charge < -0.3 is 5.43 Å². The summed E-state index contributed by atoms with van der Waals surface area (Å²) in [6.45, 7) is 2.02. The van der Waals surface area contributed by atoms with Crippen molar-refractivity contribution in [3.8, 4) is 11.4 Å². The maximum atomic E-state index is 5.66. The summed E-state index contributed by atoms with van der Waals surface area (Å²) in [6.07, 6.45) is 9.21. The van der Waals surface area contributed by atoms with Gasteiger partial charge in [-0.2, -0.15) is 0 Å². The molecule has 0 aliphatic heterocycles. The van der Waals surface area contributed by atoms with Crippen LogP contribution >= 0.6 is 0 Å². The highest BCUT2D eigenvalue weighted by molar-refractivity contribution is 5.62. The van der Waals surface area contributed by atoms with Gasteiger partial charge in [0.1, 0.15) is 5.82 Å². The van der Waals surface area contributed by atoms with Crippen LogP contribution in [0.25, 0.3) is 11.4 Å². The smallest absolute Gasteiger partial charge is 0.162 e. The minimum atomic E-state index is 0.735. The van der Waals surface area contributed by atoms with Gasteiger partial charge in [-0.05, 0) is 44.2 Å². The zero-order valence-electron chi connectivity index (χ0n) is 11.7. The van der Waals surface area contributed by atoms with E-state index in [-0.39, 0.29) is 0 Å². The SMILES string of the molecule is Cc1cnccc1-c1nc2c(c(NN)n1)CCCCC2. The predicted molar refractivity (Wildman–Crippen MR) is 79.1 cm³/mol. The van der Waals surface area contributed by atoms with Crippen LogP contribution < -0.4 is 11.3 Å². The molecule has 1 aliphatic carbocycles. The van der Waals surface area contributed by atoms with E-state index >= 15 is 0 Å². The summed E-state index contributed by atoms with van der Waals surface area (Å²) in [7, 11) is 0. The molecule has 2 aromatic heterocycles. The van der Waals surface area contributed by atoms with Crippen LogP contribution in [0.2, 0.25) is 0 Å². The summed E-state index contributed by atoms with van der Waals surface area (Å²) >= 11 is 0. The fraction of sp³-hybridized carbons (Fsp3) is 0.400. The van der Waals surface area contributed by atoms with Crippen molar-refractivity contribution in [3.05, 3.63) is 35.3 Å². The average Bonchev–Trinajstić information content (AvgIpc) is 2.72. The Kier molecular flexibility index (Phi) is 3.60. The Bertz CT molecular complexity index is 624. The number of rotatable bonds is 2. The molecule has 104 valence electrons. The molecule has 0 saturated heterocycles. The second-order valence-electron chi connectivity index (χ2n) is 5.22. The molecular formula is C15H19N5. The number of fused-ring (bicyclic) bond motifs is 1. The third-order valence-corrected chi connectivity index (χ3v) is 3.83. The Labute approximate surface area is 118 Å². The van der Waals surface area contributed by atoms with Gasteiger partial charge in [0.25, 0.3) is 0 Å². The molecule has 5 nitrogen and oxygen atoms in total. The van der Waals surface area contributed by atoms with Gasteiger partial charge in [0.2, 0.25) is 0 Å². The lowest BCUT2D eigenvalue weighted by Crippen LogP contribution is -2.14. The largest absolute Gasteiger partial charge is 0.308 e. The van der Waals surface area contributed by atoms with Crippen LogP contribution in [0.3, 0.4) is 0 Å². The van der Waals surface area contributed by atoms with E-state index in [1.54, 1.807) is 6.20 Å². The van der Waals surface area contributed by atoms with Gasteiger partial charge in [-0.15, -0.1) is 0 Å². The van der Waals surface area contributed by atoms with Gasteiger partial charge in [0.05, 0.1) is 0 Å². The van der Waals surface area contributed by atoms with Gasteiger partial charge in [-0.3, -0.25) is 4.98 Å². The van der Waals surface area contributed by atoms with Crippen molar-refractivity contribution < 1.29 is 0 Å². The molecular weight excluding hydrogens is 250 g/mol. The Morgan fingerprint density at radius 1 is 1.15 bits per heavy atom. The Morgan fingerprint density at radius 3 is 2.80 bits per heavy atom. The number of hydrazine groups is 1. The molecule has 0 fully saturated rings. The first-order chi connectivity index (χ1) is 9.79. The molecule has 0 atom stereocenters. The van der Waals surface area contributed by atoms with Crippen LogP contribution in [0.1, 0.15) is 36.1 Å². The monoisotopic (exact) mass is 269 g/mol. The van der Waals surface area contributed by atoms with Crippen molar-refractivity contribution in [2.75, 3.05) is 5.43 Å². The number of hydrogen-bond donors (Lipinski definition) is 2. The van der Waals surface area contributed by atoms with Crippen LogP contribution in [-0.4, -0.2) is 15.0 Å². The second kappa shape index (κ2) is 5.54. The Morgan fingerprint density at radius 2 is 2.00 bits per heavy atom. The first-order valence-electron chi connectivity index (χ1n) is 7.07. The Hall–Kier alpha value is -2.01. The number of pyridine rings is 1. The van der Waals surface area contributed by atoms with Gasteiger partial charge >= 0.3 is 0 Å². The summed E-state index contributed by atoms with van der Waals surface area (Å²) in [5.74, 6) is 7.16. The third-order valence-electron chi connectivity index (χ3n) is 3.83. The number of aromatic nitrogens is 3. The quantitative estimate of drug-likeness (QED) is 0.497. The topological polar surface area (TPSA) is 76.7 Å². The normalized spacial score (nSPS) is 14.5. The molecule has 2 aromatic rings. The second-order valence-corrected chi connectivity index (χ2v) is 5.22. The molecule has 20 heavy (non-hydrogen) atoms. The van der Waals surface area contributed by atoms with Crippen LogP contribution in [-0.2, 0) is 12.8 Å². The van der Waals surface area contributed by atoms with Gasteiger partial charge in [0, 0.05) is 29.2 Å². The Balaban J connectivity index is 2.14. The first-order valence-corrected chi connectivity index (χ1v) is 7.07. The van der Waals surface area contributed by atoms with Crippen molar-refractivity contribution in [1.29, 1.82) is 0 Å². The van der Waals surface area contributed by atoms with E-state index in [0.717, 1.165) is 41.3 Å². The zero-order valence-corrected chi connectivity index (χ0v) is 11.7. The minimum Gasteiger partial charge on any atom is -0.308 e. The summed E-state index contributed by atoms with van der Waals surface area (Å²) in [5, 5.41) is 0. The van der Waals surface area contributed by atoms with Gasteiger partial charge in [-0.1, -0.05) is 6.42 Å². The van der Waals surface area contributed by atoms with Gasteiger partial charge in [-0.25, -0.2) is 15.8 Å². The molecule has 5 heteroatoms. The number of nitrogens with zero attached hydrogens (tertiary/aromatic N) is 3. The molecule has 0 unspecified atom stereocenters. The van der Waals surface area contributed by atoms with Crippen molar-refractivity contribution >= 4 is 5.82 Å². The molecule has 3 rings (SSSR count). The number of hydrogen-bond acceptors (Lipinski definition) is 5. The van der Waals surface area contributed by atoms with Crippen molar-refractivity contribution in [2.24, 2.45) is 5.84 Å². The van der Waals surface area contributed by atoms with Crippen LogP contribution in [0.15, 0.2) is 18.5 Å². The molecule has 0 aromatic carbocycles. The summed E-state index contributed by atoms with van der Waals surface area (Å²) in [6, 6.07) is 1.95. The lowest BCUT2D eigenvalue weighted by Gasteiger charge is -2.13. The van der Waals surface area contributed by atoms with Crippen molar-refractivity contribution in [3.63, 3.8) is 0 Å². The highest BCUT2D eigenvalue weighted by atomic mass is 15.3. The number of anilines is 1. The zero-order chi connectivity index (χ0) is 13.9. The highest BCUT2D eigenvalue weighted by Gasteiger charge is 2.17. The molecule has 0 amide bonds. The first kappa shape index (κ1) is 13.0. The minimum absolute atomic E-state index is 0.735. The van der Waals surface area contributed by atoms with Crippen LogP contribution in [0.4, 0.5) is 5.82 Å². The van der Waals surface area contributed by atoms with Gasteiger partial charge in [0.15, 0.2) is 5.82 Å².